The molecule has 1 aliphatic rings. The molecule has 98 valence electrons. The van der Waals surface area contributed by atoms with Crippen molar-refractivity contribution < 1.29 is 0 Å². The van der Waals surface area contributed by atoms with E-state index in [4.69, 9.17) is 0 Å². The summed E-state index contributed by atoms with van der Waals surface area (Å²) in [4.78, 5) is 2.25. The van der Waals surface area contributed by atoms with Gasteiger partial charge in [-0.3, -0.25) is 0 Å². The van der Waals surface area contributed by atoms with Gasteiger partial charge in [-0.25, -0.2) is 0 Å². The van der Waals surface area contributed by atoms with E-state index in [-0.39, 0.29) is 5.41 Å². The van der Waals surface area contributed by atoms with E-state index in [9.17, 15) is 0 Å². The second kappa shape index (κ2) is 5.31. The number of hydrogen-bond donors (Lipinski definition) is 0. The third-order valence-electron chi connectivity index (χ3n) is 3.89. The lowest BCUT2D eigenvalue weighted by molar-refractivity contribution is 0.529. The third kappa shape index (κ3) is 1.95. The molecule has 0 radical (unpaired) electrons. The highest BCUT2D eigenvalue weighted by Gasteiger charge is 2.43. The van der Waals surface area contributed by atoms with Crippen LogP contribution in [0.3, 0.4) is 0 Å². The van der Waals surface area contributed by atoms with Gasteiger partial charge >= 0.3 is 0 Å². The van der Waals surface area contributed by atoms with Gasteiger partial charge in [-0.2, -0.15) is 0 Å². The average molecular weight is 251 g/mol. The first-order valence-electron chi connectivity index (χ1n) is 6.60. The zero-order valence-electron chi connectivity index (χ0n) is 11.4. The molecule has 0 aliphatic carbocycles. The molecule has 1 heterocycles. The van der Waals surface area contributed by atoms with Crippen LogP contribution < -0.4 is 4.90 Å². The van der Waals surface area contributed by atoms with Gasteiger partial charge in [0.25, 0.3) is 0 Å². The van der Waals surface area contributed by atoms with Crippen LogP contribution in [0.2, 0.25) is 0 Å². The van der Waals surface area contributed by atoms with Crippen LogP contribution in [0.5, 0.6) is 0 Å². The molecule has 0 unspecified atom stereocenters. The van der Waals surface area contributed by atoms with Crippen molar-refractivity contribution in [1.82, 2.24) is 0 Å². The Morgan fingerprint density at radius 3 is 2.21 bits per heavy atom. The second-order valence-corrected chi connectivity index (χ2v) is 4.93. The highest BCUT2D eigenvalue weighted by Crippen LogP contribution is 2.51. The number of rotatable bonds is 6. The predicted molar refractivity (Wildman–Crippen MR) is 84.4 cm³/mol. The van der Waals surface area contributed by atoms with Gasteiger partial charge in [0, 0.05) is 23.3 Å². The normalized spacial score (nSPS) is 16.0. The van der Waals surface area contributed by atoms with Gasteiger partial charge < -0.3 is 4.90 Å². The first-order valence-corrected chi connectivity index (χ1v) is 6.60. The van der Waals surface area contributed by atoms with Crippen molar-refractivity contribution >= 4 is 5.69 Å². The van der Waals surface area contributed by atoms with Crippen molar-refractivity contribution in [3.63, 3.8) is 0 Å². The SMILES string of the molecule is C=CCN1C(=C)C(CC=C)(CC=C)c2ccccc21. The lowest BCUT2D eigenvalue weighted by Gasteiger charge is -2.31. The highest BCUT2D eigenvalue weighted by molar-refractivity contribution is 5.71. The largest absolute Gasteiger partial charge is 0.341 e. The fraction of sp³-hybridized carbons (Fsp3) is 0.222. The Hall–Kier alpha value is -2.02. The molecule has 0 N–H and O–H groups in total. The molecule has 0 atom stereocenters. The summed E-state index contributed by atoms with van der Waals surface area (Å²) in [6.07, 6.45) is 7.62. The van der Waals surface area contributed by atoms with Crippen LogP contribution >= 0.6 is 0 Å². The maximum absolute atomic E-state index is 4.34. The number of nitrogens with zero attached hydrogens (tertiary/aromatic N) is 1. The van der Waals surface area contributed by atoms with E-state index in [1.165, 1.54) is 11.3 Å². The van der Waals surface area contributed by atoms with Gasteiger partial charge in [-0.05, 0) is 24.5 Å². The number of fused-ring (bicyclic) bond motifs is 1. The minimum atomic E-state index is -0.0941. The van der Waals surface area contributed by atoms with Crippen molar-refractivity contribution in [2.24, 2.45) is 0 Å². The summed E-state index contributed by atoms with van der Waals surface area (Å²) < 4.78 is 0. The van der Waals surface area contributed by atoms with Crippen LogP contribution in [0.15, 0.2) is 74.5 Å². The molecule has 0 bridgehead atoms. The maximum atomic E-state index is 4.34. The molecule has 0 amide bonds. The zero-order chi connectivity index (χ0) is 13.9. The van der Waals surface area contributed by atoms with Crippen LogP contribution in [-0.4, -0.2) is 6.54 Å². The lowest BCUT2D eigenvalue weighted by Crippen LogP contribution is -2.29. The molecular formula is C18H21N. The van der Waals surface area contributed by atoms with Crippen LogP contribution in [0.1, 0.15) is 18.4 Å². The van der Waals surface area contributed by atoms with E-state index < -0.39 is 0 Å². The maximum Gasteiger partial charge on any atom is 0.0453 e. The van der Waals surface area contributed by atoms with Crippen LogP contribution in [0.4, 0.5) is 5.69 Å². The van der Waals surface area contributed by atoms with E-state index in [1.54, 1.807) is 0 Å². The summed E-state index contributed by atoms with van der Waals surface area (Å²) in [5.41, 5.74) is 3.58. The molecule has 0 aromatic heterocycles. The van der Waals surface area contributed by atoms with E-state index >= 15 is 0 Å². The summed E-state index contributed by atoms with van der Waals surface area (Å²) >= 11 is 0. The van der Waals surface area contributed by atoms with Crippen LogP contribution in [0.25, 0.3) is 0 Å². The van der Waals surface area contributed by atoms with Gasteiger partial charge in [-0.1, -0.05) is 43.0 Å². The fourth-order valence-corrected chi connectivity index (χ4v) is 3.04. The number of anilines is 1. The number of para-hydroxylation sites is 1. The zero-order valence-corrected chi connectivity index (χ0v) is 11.4. The Labute approximate surface area is 116 Å². The van der Waals surface area contributed by atoms with E-state index in [0.29, 0.717) is 0 Å². The summed E-state index contributed by atoms with van der Waals surface area (Å²) in [6.45, 7) is 16.8. The smallest absolute Gasteiger partial charge is 0.0453 e. The van der Waals surface area contributed by atoms with Gasteiger partial charge in [-0.15, -0.1) is 19.7 Å². The van der Waals surface area contributed by atoms with E-state index in [2.05, 4.69) is 55.5 Å². The number of benzene rings is 1. The van der Waals surface area contributed by atoms with Crippen molar-refractivity contribution in [3.05, 3.63) is 80.1 Å². The summed E-state index contributed by atoms with van der Waals surface area (Å²) in [5.74, 6) is 0. The number of allylic oxidation sites excluding steroid dienone is 3. The quantitative estimate of drug-likeness (QED) is 0.668. The minimum Gasteiger partial charge on any atom is -0.341 e. The molecule has 1 nitrogen and oxygen atoms in total. The monoisotopic (exact) mass is 251 g/mol. The Bertz CT molecular complexity index is 514. The minimum absolute atomic E-state index is 0.0941. The predicted octanol–water partition coefficient (Wildman–Crippen LogP) is 4.60. The Kier molecular flexibility index (Phi) is 3.75. The van der Waals surface area contributed by atoms with E-state index in [0.717, 1.165) is 25.1 Å². The molecule has 1 aromatic carbocycles. The summed E-state index contributed by atoms with van der Waals surface area (Å²) in [6, 6.07) is 8.50. The van der Waals surface area contributed by atoms with Crippen molar-refractivity contribution in [3.8, 4) is 0 Å². The van der Waals surface area contributed by atoms with Crippen molar-refractivity contribution in [2.75, 3.05) is 11.4 Å². The van der Waals surface area contributed by atoms with Crippen molar-refractivity contribution in [1.29, 1.82) is 0 Å². The van der Waals surface area contributed by atoms with Crippen LogP contribution in [-0.2, 0) is 5.41 Å². The molecule has 1 heteroatoms. The molecule has 1 aromatic rings. The average Bonchev–Trinajstić information content (AvgIpc) is 2.64. The van der Waals surface area contributed by atoms with E-state index in [1.807, 2.05) is 18.2 Å². The summed E-state index contributed by atoms with van der Waals surface area (Å²) in [7, 11) is 0. The van der Waals surface area contributed by atoms with Gasteiger partial charge in [0.15, 0.2) is 0 Å². The second-order valence-electron chi connectivity index (χ2n) is 4.93. The topological polar surface area (TPSA) is 3.24 Å². The standard InChI is InChI=1S/C18H21N/c1-5-12-18(13-6-2)15(4)19(14-7-3)17-11-9-8-10-16(17)18/h5-11H,1-4,12-14H2. The Morgan fingerprint density at radius 2 is 1.63 bits per heavy atom. The Morgan fingerprint density at radius 1 is 1.00 bits per heavy atom. The molecular weight excluding hydrogens is 230 g/mol. The van der Waals surface area contributed by atoms with Crippen LogP contribution in [0, 0.1) is 0 Å². The third-order valence-corrected chi connectivity index (χ3v) is 3.89. The number of hydrogen-bond acceptors (Lipinski definition) is 1. The molecule has 1 aliphatic heterocycles. The first-order chi connectivity index (χ1) is 9.21. The molecule has 19 heavy (non-hydrogen) atoms. The molecule has 2 rings (SSSR count). The first kappa shape index (κ1) is 13.4. The van der Waals surface area contributed by atoms with Crippen molar-refractivity contribution in [2.45, 2.75) is 18.3 Å². The fourth-order valence-electron chi connectivity index (χ4n) is 3.04. The van der Waals surface area contributed by atoms with Gasteiger partial charge in [0.1, 0.15) is 0 Å². The molecule has 0 saturated carbocycles. The highest BCUT2D eigenvalue weighted by atomic mass is 15.2. The molecule has 0 fully saturated rings. The van der Waals surface area contributed by atoms with Gasteiger partial charge in [0.05, 0.1) is 0 Å². The Balaban J connectivity index is 2.61. The van der Waals surface area contributed by atoms with Gasteiger partial charge in [0.2, 0.25) is 0 Å². The molecule has 0 spiro atoms. The lowest BCUT2D eigenvalue weighted by atomic mass is 9.74. The summed E-state index contributed by atoms with van der Waals surface area (Å²) in [5, 5.41) is 0. The molecule has 0 saturated heterocycles.